The summed E-state index contributed by atoms with van der Waals surface area (Å²) in [5, 5.41) is 4.87. The lowest BCUT2D eigenvalue weighted by molar-refractivity contribution is 0.0504. The number of halogens is 4. The zero-order chi connectivity index (χ0) is 23.3. The smallest absolute Gasteiger partial charge is 0.407 e. The lowest BCUT2D eigenvalue weighted by Crippen LogP contribution is -2.37. The molecule has 0 spiro atoms. The van der Waals surface area contributed by atoms with Crippen LogP contribution in [0.25, 0.3) is 0 Å². The van der Waals surface area contributed by atoms with Crippen LogP contribution in [-0.4, -0.2) is 30.3 Å². The van der Waals surface area contributed by atoms with Gasteiger partial charge < -0.3 is 20.1 Å². The molecule has 0 heterocycles. The second kappa shape index (κ2) is 10.3. The molecule has 0 aliphatic carbocycles. The average Bonchev–Trinajstić information content (AvgIpc) is 2.64. The Morgan fingerprint density at radius 3 is 2.48 bits per heavy atom. The average molecular weight is 520 g/mol. The molecule has 0 fully saturated rings. The van der Waals surface area contributed by atoms with E-state index in [1.165, 1.54) is 18.2 Å². The van der Waals surface area contributed by atoms with Crippen molar-refractivity contribution in [2.24, 2.45) is 0 Å². The Hall–Kier alpha value is -2.39. The van der Waals surface area contributed by atoms with Gasteiger partial charge in [-0.25, -0.2) is 13.6 Å². The molecule has 0 aliphatic rings. The summed E-state index contributed by atoms with van der Waals surface area (Å²) < 4.78 is 39.1. The number of hydrogen-bond donors (Lipinski definition) is 2. The van der Waals surface area contributed by atoms with Crippen LogP contribution < -0.4 is 15.4 Å². The topological polar surface area (TPSA) is 76.7 Å². The summed E-state index contributed by atoms with van der Waals surface area (Å²) in [6.45, 7) is 6.90. The molecule has 0 radical (unpaired) electrons. The molecular formula is C21H22BrClF2N2O4. The van der Waals surface area contributed by atoms with Gasteiger partial charge in [0.2, 0.25) is 0 Å². The van der Waals surface area contributed by atoms with Gasteiger partial charge >= 0.3 is 6.09 Å². The highest BCUT2D eigenvalue weighted by Gasteiger charge is 2.21. The number of alkyl carbamates (subject to hydrolysis) is 1. The molecule has 10 heteroatoms. The third-order valence-electron chi connectivity index (χ3n) is 3.73. The summed E-state index contributed by atoms with van der Waals surface area (Å²) in [5.41, 5.74) is -1.07. The molecule has 2 N–H and O–H groups in total. The molecule has 2 aromatic rings. The van der Waals surface area contributed by atoms with Gasteiger partial charge in [0.15, 0.2) is 0 Å². The summed E-state index contributed by atoms with van der Waals surface area (Å²) in [4.78, 5) is 24.5. The maximum atomic E-state index is 14.1. The molecule has 0 saturated heterocycles. The van der Waals surface area contributed by atoms with Gasteiger partial charge in [-0.15, -0.1) is 0 Å². The summed E-state index contributed by atoms with van der Waals surface area (Å²) in [5.74, 6) is -2.25. The first-order valence-electron chi connectivity index (χ1n) is 9.25. The van der Waals surface area contributed by atoms with E-state index in [2.05, 4.69) is 26.6 Å². The summed E-state index contributed by atoms with van der Waals surface area (Å²) in [7, 11) is 0. The molecule has 168 valence electrons. The Balaban J connectivity index is 2.18. The number of para-hydroxylation sites is 1. The second-order valence-electron chi connectivity index (χ2n) is 7.62. The SMILES string of the molecule is CC(CNC(=O)OC(C)(C)C)Oc1cc(Br)c(F)cc1C(=O)Nc1c(F)cccc1Cl. The summed E-state index contributed by atoms with van der Waals surface area (Å²) in [6, 6.07) is 6.16. The molecule has 2 rings (SSSR count). The molecule has 6 nitrogen and oxygen atoms in total. The Kier molecular flexibility index (Phi) is 8.25. The van der Waals surface area contributed by atoms with Gasteiger partial charge in [-0.3, -0.25) is 4.79 Å². The van der Waals surface area contributed by atoms with Crippen molar-refractivity contribution in [3.63, 3.8) is 0 Å². The zero-order valence-corrected chi connectivity index (χ0v) is 19.7. The number of hydrogen-bond acceptors (Lipinski definition) is 4. The van der Waals surface area contributed by atoms with Crippen LogP contribution in [0.3, 0.4) is 0 Å². The van der Waals surface area contributed by atoms with Crippen LogP contribution in [0.15, 0.2) is 34.8 Å². The first-order chi connectivity index (χ1) is 14.4. The van der Waals surface area contributed by atoms with Crippen molar-refractivity contribution in [2.45, 2.75) is 39.4 Å². The predicted octanol–water partition coefficient (Wildman–Crippen LogP) is 5.93. The Morgan fingerprint density at radius 2 is 1.87 bits per heavy atom. The van der Waals surface area contributed by atoms with Crippen molar-refractivity contribution < 1.29 is 27.8 Å². The summed E-state index contributed by atoms with van der Waals surface area (Å²) in [6.07, 6.45) is -1.23. The summed E-state index contributed by atoms with van der Waals surface area (Å²) >= 11 is 8.99. The van der Waals surface area contributed by atoms with E-state index in [4.69, 9.17) is 21.1 Å². The number of benzene rings is 2. The van der Waals surface area contributed by atoms with Crippen molar-refractivity contribution >= 4 is 45.2 Å². The standard InChI is InChI=1S/C21H22BrClF2N2O4/c1-11(10-26-20(29)31-21(2,3)4)30-17-9-13(22)16(25)8-12(17)19(28)27-18-14(23)6-5-7-15(18)24/h5-9,11H,10H2,1-4H3,(H,26,29)(H,27,28). The molecule has 1 atom stereocenters. The molecule has 1 unspecified atom stereocenters. The Bertz CT molecular complexity index is 962. The number of rotatable bonds is 6. The zero-order valence-electron chi connectivity index (χ0n) is 17.3. The normalized spacial score (nSPS) is 12.1. The van der Waals surface area contributed by atoms with Gasteiger partial charge in [0.05, 0.1) is 27.3 Å². The molecule has 0 aliphatic heterocycles. The van der Waals surface area contributed by atoms with Crippen LogP contribution in [0.2, 0.25) is 5.02 Å². The minimum Gasteiger partial charge on any atom is -0.488 e. The highest BCUT2D eigenvalue weighted by molar-refractivity contribution is 9.10. The highest BCUT2D eigenvalue weighted by Crippen LogP contribution is 2.30. The van der Waals surface area contributed by atoms with E-state index in [0.29, 0.717) is 0 Å². The van der Waals surface area contributed by atoms with E-state index in [1.54, 1.807) is 27.7 Å². The second-order valence-corrected chi connectivity index (χ2v) is 8.89. The lowest BCUT2D eigenvalue weighted by Gasteiger charge is -2.22. The van der Waals surface area contributed by atoms with Crippen molar-refractivity contribution in [3.05, 3.63) is 57.0 Å². The first-order valence-corrected chi connectivity index (χ1v) is 10.4. The fourth-order valence-corrected chi connectivity index (χ4v) is 2.93. The Morgan fingerprint density at radius 1 is 1.19 bits per heavy atom. The van der Waals surface area contributed by atoms with Crippen LogP contribution in [0.4, 0.5) is 19.3 Å². The van der Waals surface area contributed by atoms with E-state index in [9.17, 15) is 18.4 Å². The predicted molar refractivity (Wildman–Crippen MR) is 118 cm³/mol. The molecule has 2 amide bonds. The fraction of sp³-hybridized carbons (Fsp3) is 0.333. The lowest BCUT2D eigenvalue weighted by atomic mass is 10.1. The van der Waals surface area contributed by atoms with E-state index in [1.807, 2.05) is 0 Å². The van der Waals surface area contributed by atoms with Gasteiger partial charge in [-0.1, -0.05) is 17.7 Å². The molecule has 0 bridgehead atoms. The van der Waals surface area contributed by atoms with Crippen LogP contribution >= 0.6 is 27.5 Å². The van der Waals surface area contributed by atoms with Gasteiger partial charge in [-0.05, 0) is 67.9 Å². The van der Waals surface area contributed by atoms with Gasteiger partial charge in [0.1, 0.15) is 29.1 Å². The maximum absolute atomic E-state index is 14.1. The van der Waals surface area contributed by atoms with Gasteiger partial charge in [-0.2, -0.15) is 0 Å². The van der Waals surface area contributed by atoms with Crippen molar-refractivity contribution in [3.8, 4) is 5.75 Å². The molecule has 31 heavy (non-hydrogen) atoms. The molecular weight excluding hydrogens is 498 g/mol. The van der Waals surface area contributed by atoms with Gasteiger partial charge in [0, 0.05) is 0 Å². The third kappa shape index (κ3) is 7.36. The van der Waals surface area contributed by atoms with Crippen LogP contribution in [0, 0.1) is 11.6 Å². The van der Waals surface area contributed by atoms with E-state index >= 15 is 0 Å². The number of amides is 2. The van der Waals surface area contributed by atoms with E-state index in [0.717, 1.165) is 12.1 Å². The minimum atomic E-state index is -0.819. The van der Waals surface area contributed by atoms with E-state index in [-0.39, 0.29) is 33.0 Å². The van der Waals surface area contributed by atoms with E-state index < -0.39 is 35.3 Å². The van der Waals surface area contributed by atoms with Gasteiger partial charge in [0.25, 0.3) is 5.91 Å². The molecule has 2 aromatic carbocycles. The van der Waals surface area contributed by atoms with Crippen LogP contribution in [-0.2, 0) is 4.74 Å². The number of carbonyl (C=O) groups is 2. The third-order valence-corrected chi connectivity index (χ3v) is 4.65. The first kappa shape index (κ1) is 24.9. The van der Waals surface area contributed by atoms with Crippen LogP contribution in [0.5, 0.6) is 5.75 Å². The number of nitrogens with one attached hydrogen (secondary N) is 2. The van der Waals surface area contributed by atoms with Crippen molar-refractivity contribution in [2.75, 3.05) is 11.9 Å². The highest BCUT2D eigenvalue weighted by atomic mass is 79.9. The fourth-order valence-electron chi connectivity index (χ4n) is 2.40. The molecule has 0 aromatic heterocycles. The van der Waals surface area contributed by atoms with Crippen molar-refractivity contribution in [1.82, 2.24) is 5.32 Å². The minimum absolute atomic E-state index is 0.0108. The van der Waals surface area contributed by atoms with Crippen LogP contribution in [0.1, 0.15) is 38.1 Å². The Labute approximate surface area is 192 Å². The monoisotopic (exact) mass is 518 g/mol. The number of ether oxygens (including phenoxy) is 2. The largest absolute Gasteiger partial charge is 0.488 e. The number of carbonyl (C=O) groups excluding carboxylic acids is 2. The van der Waals surface area contributed by atoms with Crippen molar-refractivity contribution in [1.29, 1.82) is 0 Å². The maximum Gasteiger partial charge on any atom is 0.407 e. The quantitative estimate of drug-likeness (QED) is 0.496. The number of anilines is 1. The molecule has 0 saturated carbocycles.